The molecule has 0 bridgehead atoms. The Morgan fingerprint density at radius 3 is 2.28 bits per heavy atom. The zero-order valence-corrected chi connectivity index (χ0v) is 23.9. The molecule has 0 saturated carbocycles. The number of methoxy groups -OCH3 is 1. The van der Waals surface area contributed by atoms with E-state index in [1.165, 1.54) is 34.1 Å². The first-order valence-corrected chi connectivity index (χ1v) is 13.7. The summed E-state index contributed by atoms with van der Waals surface area (Å²) in [4.78, 5) is 35.0. The Kier molecular flexibility index (Phi) is 10.5. The van der Waals surface area contributed by atoms with Gasteiger partial charge in [-0.2, -0.15) is 13.2 Å². The number of halogens is 3. The summed E-state index contributed by atoms with van der Waals surface area (Å²) in [7, 11) is 3.21. The third-order valence-electron chi connectivity index (χ3n) is 6.93. The van der Waals surface area contributed by atoms with Gasteiger partial charge in [0, 0.05) is 57.5 Å². The van der Waals surface area contributed by atoms with Gasteiger partial charge in [-0.05, 0) is 53.6 Å². The molecule has 2 aromatic heterocycles. The van der Waals surface area contributed by atoms with Gasteiger partial charge in [-0.15, -0.1) is 0 Å². The highest BCUT2D eigenvalue weighted by atomic mass is 19.4. The summed E-state index contributed by atoms with van der Waals surface area (Å²) in [5.41, 5.74) is 2.15. The van der Waals surface area contributed by atoms with Crippen LogP contribution in [-0.2, 0) is 33.6 Å². The normalized spacial score (nSPS) is 12.3. The maximum Gasteiger partial charge on any atom is 0.416 e. The van der Waals surface area contributed by atoms with Gasteiger partial charge in [0.05, 0.1) is 24.4 Å². The number of hydrogen-bond acceptors (Lipinski definition) is 4. The van der Waals surface area contributed by atoms with Crippen LogP contribution in [-0.4, -0.2) is 64.5 Å². The minimum atomic E-state index is -4.46. The van der Waals surface area contributed by atoms with Crippen LogP contribution in [0.4, 0.5) is 13.2 Å². The average Bonchev–Trinajstić information content (AvgIpc) is 3.54. The molecule has 224 valence electrons. The van der Waals surface area contributed by atoms with Gasteiger partial charge < -0.3 is 19.1 Å². The third-order valence-corrected chi connectivity index (χ3v) is 6.93. The van der Waals surface area contributed by atoms with Crippen LogP contribution < -0.4 is 0 Å². The Hall–Kier alpha value is -4.70. The zero-order chi connectivity index (χ0) is 30.8. The number of aromatic nitrogens is 2. The predicted octanol–water partition coefficient (Wildman–Crippen LogP) is 5.78. The van der Waals surface area contributed by atoms with Crippen molar-refractivity contribution in [1.82, 2.24) is 19.4 Å². The van der Waals surface area contributed by atoms with Gasteiger partial charge in [0.25, 0.3) is 0 Å². The molecule has 0 unspecified atom stereocenters. The van der Waals surface area contributed by atoms with Crippen molar-refractivity contribution >= 4 is 17.9 Å². The van der Waals surface area contributed by atoms with Crippen LogP contribution in [0.5, 0.6) is 0 Å². The van der Waals surface area contributed by atoms with Gasteiger partial charge >= 0.3 is 6.18 Å². The van der Waals surface area contributed by atoms with E-state index >= 15 is 0 Å². The van der Waals surface area contributed by atoms with Crippen LogP contribution in [0.3, 0.4) is 0 Å². The molecule has 10 heteroatoms. The van der Waals surface area contributed by atoms with Gasteiger partial charge in [0.2, 0.25) is 11.8 Å². The highest BCUT2D eigenvalue weighted by molar-refractivity contribution is 5.95. The second kappa shape index (κ2) is 14.5. The van der Waals surface area contributed by atoms with Crippen LogP contribution in [0.15, 0.2) is 104 Å². The SMILES string of the molecule is COCCN(C)C(=O)[C@H](Cn1cccc1)N(Cc1ccc(-c2ccccn2)cc1)C(=O)C=Cc1ccc(C(F)(F)F)cc1. The first-order valence-electron chi connectivity index (χ1n) is 13.7. The molecule has 1 atom stereocenters. The molecule has 7 nitrogen and oxygen atoms in total. The topological polar surface area (TPSA) is 67.7 Å². The van der Waals surface area contributed by atoms with Gasteiger partial charge in [-0.3, -0.25) is 14.6 Å². The molecule has 2 aromatic carbocycles. The number of likely N-dealkylation sites (N-methyl/N-ethyl adjacent to an activating group) is 1. The molecule has 2 heterocycles. The van der Waals surface area contributed by atoms with Crippen molar-refractivity contribution in [3.05, 3.63) is 120 Å². The van der Waals surface area contributed by atoms with Crippen molar-refractivity contribution < 1.29 is 27.5 Å². The second-order valence-electron chi connectivity index (χ2n) is 9.98. The van der Waals surface area contributed by atoms with E-state index in [4.69, 9.17) is 4.74 Å². The van der Waals surface area contributed by atoms with Gasteiger partial charge in [-0.25, -0.2) is 0 Å². The molecule has 4 rings (SSSR count). The van der Waals surface area contributed by atoms with Crippen molar-refractivity contribution in [2.45, 2.75) is 25.3 Å². The van der Waals surface area contributed by atoms with E-state index in [1.54, 1.807) is 20.4 Å². The number of pyridine rings is 1. The van der Waals surface area contributed by atoms with Crippen LogP contribution in [0, 0.1) is 0 Å². The largest absolute Gasteiger partial charge is 0.416 e. The van der Waals surface area contributed by atoms with Crippen LogP contribution in [0.25, 0.3) is 17.3 Å². The number of alkyl halides is 3. The molecule has 0 N–H and O–H groups in total. The van der Waals surface area contributed by atoms with E-state index in [2.05, 4.69) is 4.98 Å². The van der Waals surface area contributed by atoms with Crippen LogP contribution in [0.2, 0.25) is 0 Å². The Morgan fingerprint density at radius 2 is 1.67 bits per heavy atom. The van der Waals surface area contributed by atoms with Crippen LogP contribution in [0.1, 0.15) is 16.7 Å². The van der Waals surface area contributed by atoms with Crippen LogP contribution >= 0.6 is 0 Å². The number of hydrogen-bond donors (Lipinski definition) is 0. The van der Waals surface area contributed by atoms with Gasteiger partial charge in [0.15, 0.2) is 0 Å². The van der Waals surface area contributed by atoms with E-state index in [1.807, 2.05) is 71.6 Å². The molecule has 43 heavy (non-hydrogen) atoms. The standard InChI is InChI=1S/C33H33F3N4O3/c1-38(21-22-43-2)32(42)30(24-39-19-5-6-20-39)40(23-26-8-13-27(14-9-26)29-7-3-4-18-37-29)31(41)17-12-25-10-15-28(16-11-25)33(34,35)36/h3-20,30H,21-24H2,1-2H3/t30-/m0/s1. The van der Waals surface area contributed by atoms with Gasteiger partial charge in [-0.1, -0.05) is 42.5 Å². The third kappa shape index (κ3) is 8.65. The molecule has 0 aliphatic rings. The lowest BCUT2D eigenvalue weighted by Gasteiger charge is -2.33. The zero-order valence-electron chi connectivity index (χ0n) is 23.9. The number of carbonyl (C=O) groups is 2. The molecule has 0 spiro atoms. The van der Waals surface area contributed by atoms with E-state index < -0.39 is 23.7 Å². The summed E-state index contributed by atoms with van der Waals surface area (Å²) in [5.74, 6) is -0.730. The van der Waals surface area contributed by atoms with Crippen molar-refractivity contribution in [2.24, 2.45) is 0 Å². The highest BCUT2D eigenvalue weighted by Crippen LogP contribution is 2.29. The molecule has 0 saturated heterocycles. The number of amides is 2. The molecule has 0 aliphatic carbocycles. The predicted molar refractivity (Wildman–Crippen MR) is 158 cm³/mol. The fraction of sp³-hybridized carbons (Fsp3) is 0.242. The monoisotopic (exact) mass is 590 g/mol. The average molecular weight is 591 g/mol. The van der Waals surface area contributed by atoms with Gasteiger partial charge in [0.1, 0.15) is 6.04 Å². The number of carbonyl (C=O) groups excluding carboxylic acids is 2. The van der Waals surface area contributed by atoms with Crippen molar-refractivity contribution in [3.63, 3.8) is 0 Å². The Morgan fingerprint density at radius 1 is 0.977 bits per heavy atom. The lowest BCUT2D eigenvalue weighted by Crippen LogP contribution is -2.51. The number of benzene rings is 2. The molecular formula is C33H33F3N4O3. The number of ether oxygens (including phenoxy) is 1. The van der Waals surface area contributed by atoms with Crippen molar-refractivity contribution in [2.75, 3.05) is 27.3 Å². The molecule has 0 radical (unpaired) electrons. The molecular weight excluding hydrogens is 557 g/mol. The fourth-order valence-electron chi connectivity index (χ4n) is 4.49. The number of nitrogens with zero attached hydrogens (tertiary/aromatic N) is 4. The summed E-state index contributed by atoms with van der Waals surface area (Å²) >= 11 is 0. The summed E-state index contributed by atoms with van der Waals surface area (Å²) in [5, 5.41) is 0. The highest BCUT2D eigenvalue weighted by Gasteiger charge is 2.32. The van der Waals surface area contributed by atoms with E-state index in [9.17, 15) is 22.8 Å². The molecule has 2 amide bonds. The van der Waals surface area contributed by atoms with Crippen molar-refractivity contribution in [3.8, 4) is 11.3 Å². The Bertz CT molecular complexity index is 1490. The quantitative estimate of drug-likeness (QED) is 0.196. The molecule has 4 aromatic rings. The second-order valence-corrected chi connectivity index (χ2v) is 9.98. The molecule has 0 aliphatic heterocycles. The summed E-state index contributed by atoms with van der Waals surface area (Å²) in [6.07, 6.45) is 3.63. The molecule has 0 fully saturated rings. The maximum atomic E-state index is 13.8. The van der Waals surface area contributed by atoms with E-state index in [-0.39, 0.29) is 19.0 Å². The lowest BCUT2D eigenvalue weighted by molar-refractivity contribution is -0.144. The first kappa shape index (κ1) is 31.2. The van der Waals surface area contributed by atoms with E-state index in [0.717, 1.165) is 29.0 Å². The number of rotatable bonds is 12. The lowest BCUT2D eigenvalue weighted by atomic mass is 10.1. The summed E-state index contributed by atoms with van der Waals surface area (Å²) < 4.78 is 46.0. The van der Waals surface area contributed by atoms with E-state index in [0.29, 0.717) is 18.7 Å². The minimum absolute atomic E-state index is 0.120. The smallest absolute Gasteiger partial charge is 0.383 e. The Balaban J connectivity index is 1.66. The summed E-state index contributed by atoms with van der Waals surface area (Å²) in [6.45, 7) is 0.985. The Labute approximate surface area is 248 Å². The maximum absolute atomic E-state index is 13.8. The first-order chi connectivity index (χ1) is 20.7. The van der Waals surface area contributed by atoms with Crippen molar-refractivity contribution in [1.29, 1.82) is 0 Å². The fourth-order valence-corrected chi connectivity index (χ4v) is 4.49. The minimum Gasteiger partial charge on any atom is -0.383 e. The summed E-state index contributed by atoms with van der Waals surface area (Å²) in [6, 6.07) is 20.6.